The molecule has 2 heterocycles. The molecule has 1 atom stereocenters. The van der Waals surface area contributed by atoms with Crippen LogP contribution in [-0.4, -0.2) is 54.3 Å². The van der Waals surface area contributed by atoms with Gasteiger partial charge < -0.3 is 5.32 Å². The highest BCUT2D eigenvalue weighted by molar-refractivity contribution is 7.91. The van der Waals surface area contributed by atoms with E-state index in [1.54, 1.807) is 0 Å². The van der Waals surface area contributed by atoms with E-state index in [0.717, 1.165) is 36.3 Å². The van der Waals surface area contributed by atoms with Gasteiger partial charge in [-0.05, 0) is 61.3 Å². The number of benzene rings is 2. The van der Waals surface area contributed by atoms with Gasteiger partial charge in [-0.1, -0.05) is 25.4 Å². The second-order valence-electron chi connectivity index (χ2n) is 9.75. The van der Waals surface area contributed by atoms with Gasteiger partial charge in [0.15, 0.2) is 9.84 Å². The maximum Gasteiger partial charge on any atom is 0.416 e. The molecule has 0 aliphatic carbocycles. The lowest BCUT2D eigenvalue weighted by molar-refractivity contribution is -0.138. The molecule has 1 aliphatic heterocycles. The van der Waals surface area contributed by atoms with Crippen molar-refractivity contribution in [3.63, 3.8) is 0 Å². The van der Waals surface area contributed by atoms with E-state index in [-0.39, 0.29) is 62.4 Å². The molecule has 1 fully saturated rings. The molecule has 0 saturated carbocycles. The third-order valence-corrected chi connectivity index (χ3v) is 9.16. The Labute approximate surface area is 235 Å². The molecule has 214 valence electrons. The van der Waals surface area contributed by atoms with E-state index in [2.05, 4.69) is 10.3 Å². The molecular weight excluding hydrogens is 567 g/mol. The quantitative estimate of drug-likeness (QED) is 0.412. The molecule has 1 aliphatic rings. The van der Waals surface area contributed by atoms with E-state index in [9.17, 15) is 31.6 Å². The van der Waals surface area contributed by atoms with Crippen LogP contribution in [0.15, 0.2) is 40.3 Å². The molecule has 1 unspecified atom stereocenters. The van der Waals surface area contributed by atoms with Crippen LogP contribution in [0.3, 0.4) is 0 Å². The second-order valence-corrected chi connectivity index (χ2v) is 12.4. The summed E-state index contributed by atoms with van der Waals surface area (Å²) in [6.45, 7) is 4.89. The molecule has 3 aromatic rings. The van der Waals surface area contributed by atoms with Crippen molar-refractivity contribution >= 4 is 32.3 Å². The summed E-state index contributed by atoms with van der Waals surface area (Å²) in [5.41, 5.74) is -2.32. The summed E-state index contributed by atoms with van der Waals surface area (Å²) < 4.78 is 69.2. The van der Waals surface area contributed by atoms with Crippen molar-refractivity contribution in [3.8, 4) is 6.07 Å². The van der Waals surface area contributed by atoms with Crippen LogP contribution in [0, 0.1) is 11.3 Å². The summed E-state index contributed by atoms with van der Waals surface area (Å²) in [7, 11) is -3.68. The monoisotopic (exact) mass is 595 g/mol. The number of nitriles is 1. The SMILES string of the molecule is CCNC1CCCN(Cc2c(C(F)(F)F)cc3c(=O)n(Cc4cc(Cl)ccc4S(=O)(=O)CC)cnc3c2C#N)C1. The van der Waals surface area contributed by atoms with Crippen molar-refractivity contribution in [2.75, 3.05) is 25.4 Å². The van der Waals surface area contributed by atoms with Crippen LogP contribution in [-0.2, 0) is 29.1 Å². The largest absolute Gasteiger partial charge is 0.416 e. The number of hydrogen-bond donors (Lipinski definition) is 1. The fourth-order valence-corrected chi connectivity index (χ4v) is 6.49. The zero-order valence-corrected chi connectivity index (χ0v) is 23.6. The predicted octanol–water partition coefficient (Wildman–Crippen LogP) is 4.36. The minimum Gasteiger partial charge on any atom is -0.313 e. The molecule has 0 spiro atoms. The molecule has 1 aromatic heterocycles. The molecule has 0 bridgehead atoms. The number of likely N-dealkylation sites (N-methyl/N-ethyl adjacent to an activating group) is 1. The zero-order valence-electron chi connectivity index (χ0n) is 22.1. The van der Waals surface area contributed by atoms with Crippen molar-refractivity contribution in [2.24, 2.45) is 0 Å². The van der Waals surface area contributed by atoms with Gasteiger partial charge in [-0.15, -0.1) is 0 Å². The van der Waals surface area contributed by atoms with Gasteiger partial charge in [-0.3, -0.25) is 14.3 Å². The molecule has 2 aromatic carbocycles. The summed E-state index contributed by atoms with van der Waals surface area (Å²) in [6.07, 6.45) is -1.99. The molecule has 1 saturated heterocycles. The number of alkyl halides is 3. The predicted molar refractivity (Wildman–Crippen MR) is 146 cm³/mol. The molecular formula is C27H29ClF3N5O3S. The van der Waals surface area contributed by atoms with Gasteiger partial charge in [0.05, 0.1) is 45.6 Å². The lowest BCUT2D eigenvalue weighted by Crippen LogP contribution is -2.45. The lowest BCUT2D eigenvalue weighted by atomic mass is 9.95. The molecule has 1 N–H and O–H groups in total. The van der Waals surface area contributed by atoms with Gasteiger partial charge in [0, 0.05) is 24.2 Å². The van der Waals surface area contributed by atoms with Crippen molar-refractivity contribution in [3.05, 3.63) is 68.2 Å². The first-order valence-electron chi connectivity index (χ1n) is 12.9. The highest BCUT2D eigenvalue weighted by atomic mass is 35.5. The summed E-state index contributed by atoms with van der Waals surface area (Å²) in [5.74, 6) is -0.192. The number of fused-ring (bicyclic) bond motifs is 1. The highest BCUT2D eigenvalue weighted by Crippen LogP contribution is 2.37. The maximum atomic E-state index is 14.3. The number of nitrogens with one attached hydrogen (secondary N) is 1. The Hall–Kier alpha value is -2.98. The third kappa shape index (κ3) is 6.17. The van der Waals surface area contributed by atoms with E-state index in [1.165, 1.54) is 25.1 Å². The first-order chi connectivity index (χ1) is 18.9. The fourth-order valence-electron chi connectivity index (χ4n) is 5.19. The number of hydrogen-bond acceptors (Lipinski definition) is 7. The van der Waals surface area contributed by atoms with E-state index in [1.807, 2.05) is 17.9 Å². The van der Waals surface area contributed by atoms with Gasteiger partial charge in [-0.25, -0.2) is 13.4 Å². The van der Waals surface area contributed by atoms with E-state index in [4.69, 9.17) is 11.6 Å². The number of likely N-dealkylation sites (tertiary alicyclic amines) is 1. The molecule has 13 heteroatoms. The first-order valence-corrected chi connectivity index (χ1v) is 14.9. The Morgan fingerprint density at radius 3 is 2.62 bits per heavy atom. The Morgan fingerprint density at radius 1 is 1.23 bits per heavy atom. The first kappa shape index (κ1) is 30.0. The van der Waals surface area contributed by atoms with Crippen molar-refractivity contribution in [1.82, 2.24) is 19.8 Å². The smallest absolute Gasteiger partial charge is 0.313 e. The average molecular weight is 596 g/mol. The summed E-state index contributed by atoms with van der Waals surface area (Å²) in [4.78, 5) is 19.5. The number of piperidine rings is 1. The van der Waals surface area contributed by atoms with Gasteiger partial charge in [-0.2, -0.15) is 18.4 Å². The van der Waals surface area contributed by atoms with Gasteiger partial charge in [0.25, 0.3) is 5.56 Å². The molecule has 4 rings (SSSR count). The van der Waals surface area contributed by atoms with Crippen LogP contribution in [0.25, 0.3) is 10.9 Å². The van der Waals surface area contributed by atoms with Crippen LogP contribution in [0.1, 0.15) is 48.9 Å². The highest BCUT2D eigenvalue weighted by Gasteiger charge is 2.37. The average Bonchev–Trinajstić information content (AvgIpc) is 2.89. The Bertz CT molecular complexity index is 1630. The van der Waals surface area contributed by atoms with Crippen LogP contribution in [0.4, 0.5) is 13.2 Å². The lowest BCUT2D eigenvalue weighted by Gasteiger charge is -2.34. The zero-order chi connectivity index (χ0) is 29.2. The second kappa shape index (κ2) is 11.9. The molecule has 8 nitrogen and oxygen atoms in total. The summed E-state index contributed by atoms with van der Waals surface area (Å²) in [5, 5.41) is 13.2. The normalized spacial score (nSPS) is 16.8. The Balaban J connectivity index is 1.84. The van der Waals surface area contributed by atoms with Gasteiger partial charge >= 0.3 is 6.18 Å². The van der Waals surface area contributed by atoms with E-state index in [0.29, 0.717) is 13.1 Å². The number of nitrogens with zero attached hydrogens (tertiary/aromatic N) is 4. The number of rotatable bonds is 8. The van der Waals surface area contributed by atoms with Crippen molar-refractivity contribution in [1.29, 1.82) is 5.26 Å². The Kier molecular flexibility index (Phi) is 8.89. The standard InChI is InChI=1S/C27H29ClF3N5O3S/c1-3-33-19-6-5-9-35(14-19)15-22-21(12-32)25-20(11-23(22)27(29,30)31)26(37)36(16-34-25)13-17-10-18(28)7-8-24(17)40(38,39)4-2/h7-8,10-11,16,19,33H,3-6,9,13-15H2,1-2H3. The maximum absolute atomic E-state index is 14.3. The minimum absolute atomic E-state index is 0.0344. The summed E-state index contributed by atoms with van der Waals surface area (Å²) in [6, 6.07) is 6.90. The number of aromatic nitrogens is 2. The van der Waals surface area contributed by atoms with Crippen LogP contribution >= 0.6 is 11.6 Å². The summed E-state index contributed by atoms with van der Waals surface area (Å²) >= 11 is 6.08. The third-order valence-electron chi connectivity index (χ3n) is 7.10. The Morgan fingerprint density at radius 2 is 1.98 bits per heavy atom. The number of sulfone groups is 1. The topological polar surface area (TPSA) is 108 Å². The van der Waals surface area contributed by atoms with Crippen LogP contribution in [0.5, 0.6) is 0 Å². The van der Waals surface area contributed by atoms with E-state index >= 15 is 0 Å². The van der Waals surface area contributed by atoms with Gasteiger partial charge in [0.2, 0.25) is 0 Å². The minimum atomic E-state index is -4.82. The fraction of sp³-hybridized carbons (Fsp3) is 0.444. The van der Waals surface area contributed by atoms with Gasteiger partial charge in [0.1, 0.15) is 6.07 Å². The molecule has 0 radical (unpaired) electrons. The van der Waals surface area contributed by atoms with Crippen molar-refractivity contribution in [2.45, 2.75) is 56.9 Å². The number of halogens is 4. The molecule has 40 heavy (non-hydrogen) atoms. The molecule has 0 amide bonds. The van der Waals surface area contributed by atoms with Crippen LogP contribution < -0.4 is 10.9 Å². The van der Waals surface area contributed by atoms with E-state index < -0.39 is 27.1 Å². The van der Waals surface area contributed by atoms with Crippen LogP contribution in [0.2, 0.25) is 5.02 Å². The van der Waals surface area contributed by atoms with Crippen molar-refractivity contribution < 1.29 is 21.6 Å².